The zero-order valence-electron chi connectivity index (χ0n) is 24.7. The third kappa shape index (κ3) is 7.03. The standard InChI is InChI=1S/C31H39ClN6O4S/c1-4-21-15-20(16-25(32)28(21)33)17-27(29(39)36-10-6-23(7-11-36)35(2)3)42-31(41)37-12-8-24(9-13-37)38-14-5-22-18-43-19-26(22)34-30(38)40/h1,15-16,18-19,23-24,27H,5-14,17,33H2,2-3H3,(H,34,40)/t27-/m1/s1. The minimum atomic E-state index is -1.04. The van der Waals surface area contributed by atoms with Gasteiger partial charge >= 0.3 is 12.1 Å². The summed E-state index contributed by atoms with van der Waals surface area (Å²) in [6, 6.07) is 3.70. The monoisotopic (exact) mass is 626 g/mol. The Kier molecular flexibility index (Phi) is 9.69. The summed E-state index contributed by atoms with van der Waals surface area (Å²) in [5, 5.41) is 7.35. The minimum Gasteiger partial charge on any atom is -0.436 e. The highest BCUT2D eigenvalue weighted by molar-refractivity contribution is 7.08. The number of carbonyl (C=O) groups is 3. The Balaban J connectivity index is 1.24. The van der Waals surface area contributed by atoms with Crippen molar-refractivity contribution in [2.24, 2.45) is 0 Å². The van der Waals surface area contributed by atoms with E-state index in [4.69, 9.17) is 28.5 Å². The van der Waals surface area contributed by atoms with Gasteiger partial charge in [-0.1, -0.05) is 17.5 Å². The first-order valence-corrected chi connectivity index (χ1v) is 16.0. The molecule has 10 nitrogen and oxygen atoms in total. The van der Waals surface area contributed by atoms with E-state index in [1.165, 1.54) is 0 Å². The molecule has 0 spiro atoms. The molecule has 0 saturated carbocycles. The highest BCUT2D eigenvalue weighted by atomic mass is 35.5. The number of nitrogen functional groups attached to an aromatic ring is 1. The number of amides is 4. The molecule has 1 aromatic heterocycles. The van der Waals surface area contributed by atoms with Crippen molar-refractivity contribution in [3.05, 3.63) is 44.6 Å². The van der Waals surface area contributed by atoms with E-state index in [0.717, 1.165) is 30.5 Å². The molecule has 1 aromatic carbocycles. The average molecular weight is 627 g/mol. The minimum absolute atomic E-state index is 0.0197. The van der Waals surface area contributed by atoms with Gasteiger partial charge in [0, 0.05) is 62.2 Å². The predicted molar refractivity (Wildman–Crippen MR) is 169 cm³/mol. The van der Waals surface area contributed by atoms with Crippen molar-refractivity contribution in [3.63, 3.8) is 0 Å². The van der Waals surface area contributed by atoms with Crippen molar-refractivity contribution >= 4 is 52.3 Å². The fraction of sp³-hybridized carbons (Fsp3) is 0.516. The van der Waals surface area contributed by atoms with Crippen molar-refractivity contribution in [3.8, 4) is 12.3 Å². The van der Waals surface area contributed by atoms with Crippen LogP contribution in [0.15, 0.2) is 22.9 Å². The second kappa shape index (κ2) is 13.5. The Morgan fingerprint density at radius 1 is 1.14 bits per heavy atom. The van der Waals surface area contributed by atoms with Crippen LogP contribution in [0.5, 0.6) is 0 Å². The molecule has 43 heavy (non-hydrogen) atoms. The topological polar surface area (TPSA) is 111 Å². The molecule has 2 saturated heterocycles. The largest absolute Gasteiger partial charge is 0.436 e. The molecule has 5 rings (SSSR count). The van der Waals surface area contributed by atoms with Crippen LogP contribution in [-0.4, -0.2) is 103 Å². The van der Waals surface area contributed by atoms with Gasteiger partial charge in [0.1, 0.15) is 0 Å². The number of urea groups is 1. The SMILES string of the molecule is C#Cc1cc(C[C@@H](OC(=O)N2CCC(N3CCc4cscc4NC3=O)CC2)C(=O)N2CCC(N(C)C)CC2)cc(Cl)c1N. The van der Waals surface area contributed by atoms with Crippen molar-refractivity contribution in [1.82, 2.24) is 19.6 Å². The van der Waals surface area contributed by atoms with Crippen molar-refractivity contribution in [2.45, 2.75) is 56.7 Å². The number of hydrogen-bond donors (Lipinski definition) is 2. The maximum atomic E-state index is 13.8. The zero-order valence-corrected chi connectivity index (χ0v) is 26.3. The van der Waals surface area contributed by atoms with E-state index >= 15 is 0 Å². The fourth-order valence-electron chi connectivity index (χ4n) is 6.17. The van der Waals surface area contributed by atoms with Crippen LogP contribution in [-0.2, 0) is 22.4 Å². The molecule has 4 amide bonds. The van der Waals surface area contributed by atoms with E-state index in [1.54, 1.807) is 33.3 Å². The second-order valence-electron chi connectivity index (χ2n) is 11.7. The fourth-order valence-corrected chi connectivity index (χ4v) is 7.24. The summed E-state index contributed by atoms with van der Waals surface area (Å²) < 4.78 is 5.95. The zero-order chi connectivity index (χ0) is 30.7. The first-order valence-electron chi connectivity index (χ1n) is 14.7. The first kappa shape index (κ1) is 31.0. The maximum Gasteiger partial charge on any atom is 0.410 e. The van der Waals surface area contributed by atoms with Crippen LogP contribution in [0, 0.1) is 12.3 Å². The second-order valence-corrected chi connectivity index (χ2v) is 12.8. The number of nitrogens with two attached hydrogens (primary N) is 1. The lowest BCUT2D eigenvalue weighted by Crippen LogP contribution is -2.52. The Hall–Kier alpha value is -3.46. The smallest absolute Gasteiger partial charge is 0.410 e. The number of thiophene rings is 1. The number of terminal acetylenes is 1. The molecular formula is C31H39ClN6O4S. The predicted octanol–water partition coefficient (Wildman–Crippen LogP) is 4.12. The van der Waals surface area contributed by atoms with E-state index in [-0.39, 0.29) is 24.4 Å². The molecule has 0 radical (unpaired) electrons. The van der Waals surface area contributed by atoms with Gasteiger partial charge in [-0.2, -0.15) is 0 Å². The number of nitrogens with zero attached hydrogens (tertiary/aromatic N) is 4. The van der Waals surface area contributed by atoms with E-state index in [9.17, 15) is 14.4 Å². The molecule has 1 atom stereocenters. The summed E-state index contributed by atoms with van der Waals surface area (Å²) in [4.78, 5) is 47.6. The number of carbonyl (C=O) groups excluding carboxylic acids is 3. The molecule has 3 N–H and O–H groups in total. The summed E-state index contributed by atoms with van der Waals surface area (Å²) in [5.74, 6) is 2.30. The number of halogens is 1. The molecule has 0 unspecified atom stereocenters. The molecule has 3 aliphatic rings. The molecule has 230 valence electrons. The Morgan fingerprint density at radius 3 is 2.51 bits per heavy atom. The summed E-state index contributed by atoms with van der Waals surface area (Å²) in [6.07, 6.45) is 7.92. The third-order valence-corrected chi connectivity index (χ3v) is 9.93. The van der Waals surface area contributed by atoms with Crippen molar-refractivity contribution in [2.75, 3.05) is 57.9 Å². The summed E-state index contributed by atoms with van der Waals surface area (Å²) in [6.45, 7) is 2.67. The van der Waals surface area contributed by atoms with Gasteiger partial charge in [-0.15, -0.1) is 17.8 Å². The number of likely N-dealkylation sites (tertiary alicyclic amines) is 2. The summed E-state index contributed by atoms with van der Waals surface area (Å²) in [7, 11) is 4.09. The number of ether oxygens (including phenoxy) is 1. The Bertz CT molecular complexity index is 1390. The lowest BCUT2D eigenvalue weighted by atomic mass is 10.0. The first-order chi connectivity index (χ1) is 20.6. The quantitative estimate of drug-likeness (QED) is 0.369. The van der Waals surface area contributed by atoms with Crippen LogP contribution >= 0.6 is 22.9 Å². The van der Waals surface area contributed by atoms with E-state index in [0.29, 0.717) is 73.4 Å². The average Bonchev–Trinajstić information content (AvgIpc) is 3.38. The van der Waals surface area contributed by atoms with Gasteiger partial charge in [-0.3, -0.25) is 4.79 Å². The van der Waals surface area contributed by atoms with E-state index in [1.807, 2.05) is 24.4 Å². The van der Waals surface area contributed by atoms with Gasteiger partial charge in [0.2, 0.25) is 0 Å². The maximum absolute atomic E-state index is 13.8. The van der Waals surface area contributed by atoms with Gasteiger partial charge in [-0.25, -0.2) is 9.59 Å². The van der Waals surface area contributed by atoms with Gasteiger partial charge in [0.25, 0.3) is 5.91 Å². The van der Waals surface area contributed by atoms with Crippen LogP contribution in [0.2, 0.25) is 5.02 Å². The molecule has 3 aliphatic heterocycles. The number of piperidine rings is 2. The van der Waals surface area contributed by atoms with E-state index in [2.05, 4.69) is 21.5 Å². The van der Waals surface area contributed by atoms with Crippen molar-refractivity contribution in [1.29, 1.82) is 0 Å². The summed E-state index contributed by atoms with van der Waals surface area (Å²) >= 11 is 7.92. The van der Waals surface area contributed by atoms with Gasteiger partial charge < -0.3 is 35.4 Å². The molecule has 12 heteroatoms. The van der Waals surface area contributed by atoms with Crippen LogP contribution in [0.4, 0.5) is 21.0 Å². The van der Waals surface area contributed by atoms with Crippen LogP contribution < -0.4 is 11.1 Å². The van der Waals surface area contributed by atoms with Gasteiger partial charge in [0.05, 0.1) is 16.4 Å². The highest BCUT2D eigenvalue weighted by Crippen LogP contribution is 2.29. The summed E-state index contributed by atoms with van der Waals surface area (Å²) in [5.41, 5.74) is 9.45. The number of nitrogens with one attached hydrogen (secondary N) is 1. The molecule has 2 aromatic rings. The number of anilines is 2. The van der Waals surface area contributed by atoms with Crippen molar-refractivity contribution < 1.29 is 19.1 Å². The lowest BCUT2D eigenvalue weighted by Gasteiger charge is -2.39. The number of benzene rings is 1. The van der Waals surface area contributed by atoms with Crippen LogP contribution in [0.3, 0.4) is 0 Å². The van der Waals surface area contributed by atoms with Crippen LogP contribution in [0.25, 0.3) is 0 Å². The lowest BCUT2D eigenvalue weighted by molar-refractivity contribution is -0.142. The highest BCUT2D eigenvalue weighted by Gasteiger charge is 2.36. The van der Waals surface area contributed by atoms with Gasteiger partial charge in [-0.05, 0) is 74.8 Å². The number of hydrogen-bond acceptors (Lipinski definition) is 7. The molecular weight excluding hydrogens is 588 g/mol. The molecule has 4 heterocycles. The normalized spacial score (nSPS) is 19.0. The number of fused-ring (bicyclic) bond motifs is 1. The Labute approximate surface area is 262 Å². The van der Waals surface area contributed by atoms with Crippen LogP contribution in [0.1, 0.15) is 42.4 Å². The molecule has 2 fully saturated rings. The van der Waals surface area contributed by atoms with Gasteiger partial charge in [0.15, 0.2) is 6.10 Å². The van der Waals surface area contributed by atoms with E-state index < -0.39 is 12.2 Å². The number of rotatable bonds is 6. The molecule has 0 aliphatic carbocycles. The third-order valence-electron chi connectivity index (χ3n) is 8.82. The molecule has 0 bridgehead atoms. The Morgan fingerprint density at radius 2 is 1.84 bits per heavy atom.